The molecule has 0 aliphatic carbocycles. The average Bonchev–Trinajstić information content (AvgIpc) is 3.50. The van der Waals surface area contributed by atoms with Gasteiger partial charge in [-0.15, -0.1) is 11.3 Å². The summed E-state index contributed by atoms with van der Waals surface area (Å²) in [5.74, 6) is 0.365. The van der Waals surface area contributed by atoms with Crippen molar-refractivity contribution in [3.63, 3.8) is 0 Å². The number of thiophene rings is 1. The molecule has 0 saturated heterocycles. The number of hydrogen-bond donors (Lipinski definition) is 0. The van der Waals surface area contributed by atoms with Crippen LogP contribution in [-0.2, 0) is 16.8 Å². The topological polar surface area (TPSA) is 39.4 Å². The van der Waals surface area contributed by atoms with Crippen LogP contribution in [-0.4, -0.2) is 22.1 Å². The molecule has 6 heteroatoms. The zero-order chi connectivity index (χ0) is 20.6. The average molecular weight is 418 g/mol. The molecule has 1 unspecified atom stereocenters. The number of benzene rings is 2. The van der Waals surface area contributed by atoms with Gasteiger partial charge in [-0.3, -0.25) is 0 Å². The Morgan fingerprint density at radius 2 is 1.93 bits per heavy atom. The van der Waals surface area contributed by atoms with Crippen molar-refractivity contribution in [2.24, 2.45) is 4.99 Å². The van der Waals surface area contributed by atoms with Crippen LogP contribution in [0.1, 0.15) is 16.0 Å². The highest BCUT2D eigenvalue weighted by atomic mass is 32.1. The SMILES string of the molecule is Cc1cccc(-c2ccc(C3=NC(Cn4ccnc4)(c4ccc(F)cc4)CO3)s2)c1. The second-order valence-corrected chi connectivity index (χ2v) is 8.60. The van der Waals surface area contributed by atoms with Crippen molar-refractivity contribution in [1.82, 2.24) is 9.55 Å². The summed E-state index contributed by atoms with van der Waals surface area (Å²) < 4.78 is 21.6. The molecule has 2 aromatic heterocycles. The first-order valence-electron chi connectivity index (χ1n) is 9.73. The highest BCUT2D eigenvalue weighted by Gasteiger charge is 2.39. The Bertz CT molecular complexity index is 1200. The largest absolute Gasteiger partial charge is 0.474 e. The summed E-state index contributed by atoms with van der Waals surface area (Å²) in [7, 11) is 0. The Labute approximate surface area is 178 Å². The summed E-state index contributed by atoms with van der Waals surface area (Å²) in [5.41, 5.74) is 2.71. The molecule has 0 amide bonds. The van der Waals surface area contributed by atoms with Crippen molar-refractivity contribution in [3.8, 4) is 10.4 Å². The number of aromatic nitrogens is 2. The fourth-order valence-corrected chi connectivity index (χ4v) is 4.69. The van der Waals surface area contributed by atoms with Gasteiger partial charge in [0.15, 0.2) is 0 Å². The van der Waals surface area contributed by atoms with Crippen LogP contribution in [0.5, 0.6) is 0 Å². The zero-order valence-electron chi connectivity index (χ0n) is 16.5. The van der Waals surface area contributed by atoms with E-state index in [9.17, 15) is 4.39 Å². The first-order valence-corrected chi connectivity index (χ1v) is 10.5. The lowest BCUT2D eigenvalue weighted by Crippen LogP contribution is -2.31. The van der Waals surface area contributed by atoms with Gasteiger partial charge in [0.2, 0.25) is 5.90 Å². The first-order chi connectivity index (χ1) is 14.6. The molecule has 5 rings (SSSR count). The van der Waals surface area contributed by atoms with Crippen LogP contribution in [0.25, 0.3) is 10.4 Å². The maximum Gasteiger partial charge on any atom is 0.227 e. The van der Waals surface area contributed by atoms with E-state index in [1.165, 1.54) is 28.1 Å². The monoisotopic (exact) mass is 417 g/mol. The van der Waals surface area contributed by atoms with E-state index in [0.717, 1.165) is 10.4 Å². The summed E-state index contributed by atoms with van der Waals surface area (Å²) in [6.07, 6.45) is 5.41. The van der Waals surface area contributed by atoms with Gasteiger partial charge < -0.3 is 9.30 Å². The Morgan fingerprint density at radius 3 is 2.70 bits per heavy atom. The molecule has 0 spiro atoms. The number of aryl methyl sites for hydroxylation is 1. The summed E-state index contributed by atoms with van der Waals surface area (Å²) in [5, 5.41) is 0. The Balaban J connectivity index is 1.52. The molecule has 1 aliphatic heterocycles. The fourth-order valence-electron chi connectivity index (χ4n) is 3.74. The summed E-state index contributed by atoms with van der Waals surface area (Å²) in [6, 6.07) is 19.1. The number of imidazole rings is 1. The minimum Gasteiger partial charge on any atom is -0.474 e. The van der Waals surface area contributed by atoms with Gasteiger partial charge in [-0.2, -0.15) is 0 Å². The van der Waals surface area contributed by atoms with Crippen LogP contribution in [0, 0.1) is 12.7 Å². The fraction of sp³-hybridized carbons (Fsp3) is 0.167. The van der Waals surface area contributed by atoms with Crippen LogP contribution >= 0.6 is 11.3 Å². The van der Waals surface area contributed by atoms with Gasteiger partial charge in [0.05, 0.1) is 17.7 Å². The molecule has 30 heavy (non-hydrogen) atoms. The molecule has 4 aromatic rings. The molecular weight excluding hydrogens is 397 g/mol. The molecule has 4 nitrogen and oxygen atoms in total. The molecule has 0 bridgehead atoms. The predicted octanol–water partition coefficient (Wildman–Crippen LogP) is 5.43. The molecule has 150 valence electrons. The maximum absolute atomic E-state index is 13.5. The lowest BCUT2D eigenvalue weighted by molar-refractivity contribution is 0.236. The molecular formula is C24H20FN3OS. The van der Waals surface area contributed by atoms with E-state index in [4.69, 9.17) is 9.73 Å². The van der Waals surface area contributed by atoms with E-state index in [0.29, 0.717) is 19.0 Å². The molecule has 0 N–H and O–H groups in total. The smallest absolute Gasteiger partial charge is 0.227 e. The second-order valence-electron chi connectivity index (χ2n) is 7.51. The van der Waals surface area contributed by atoms with E-state index in [-0.39, 0.29) is 5.82 Å². The number of rotatable bonds is 5. The van der Waals surface area contributed by atoms with Gasteiger partial charge in [0.1, 0.15) is 18.0 Å². The maximum atomic E-state index is 13.5. The molecule has 2 aromatic carbocycles. The van der Waals surface area contributed by atoms with E-state index in [1.54, 1.807) is 36.0 Å². The van der Waals surface area contributed by atoms with Crippen molar-refractivity contribution in [2.75, 3.05) is 6.61 Å². The quantitative estimate of drug-likeness (QED) is 0.434. The van der Waals surface area contributed by atoms with E-state index in [1.807, 2.05) is 10.8 Å². The van der Waals surface area contributed by atoms with E-state index in [2.05, 4.69) is 48.3 Å². The van der Waals surface area contributed by atoms with Crippen LogP contribution in [0.3, 0.4) is 0 Å². The molecule has 1 aliphatic rings. The molecule has 1 atom stereocenters. The van der Waals surface area contributed by atoms with Crippen molar-refractivity contribution in [3.05, 3.63) is 101 Å². The Morgan fingerprint density at radius 1 is 1.10 bits per heavy atom. The van der Waals surface area contributed by atoms with Crippen LogP contribution < -0.4 is 0 Å². The van der Waals surface area contributed by atoms with Crippen molar-refractivity contribution < 1.29 is 9.13 Å². The lowest BCUT2D eigenvalue weighted by atomic mass is 9.91. The van der Waals surface area contributed by atoms with E-state index < -0.39 is 5.54 Å². The molecule has 0 saturated carbocycles. The highest BCUT2D eigenvalue weighted by molar-refractivity contribution is 7.17. The van der Waals surface area contributed by atoms with Gasteiger partial charge in [0, 0.05) is 17.3 Å². The number of nitrogens with zero attached hydrogens (tertiary/aromatic N) is 3. The first kappa shape index (κ1) is 18.8. The minimum absolute atomic E-state index is 0.263. The Hall–Kier alpha value is -3.25. The third-order valence-electron chi connectivity index (χ3n) is 5.27. The van der Waals surface area contributed by atoms with Crippen molar-refractivity contribution in [2.45, 2.75) is 19.0 Å². The minimum atomic E-state index is -0.628. The van der Waals surface area contributed by atoms with Crippen LogP contribution in [0.4, 0.5) is 4.39 Å². The zero-order valence-corrected chi connectivity index (χ0v) is 17.3. The molecule has 0 fully saturated rings. The summed E-state index contributed by atoms with van der Waals surface area (Å²) in [4.78, 5) is 11.3. The van der Waals surface area contributed by atoms with Crippen molar-refractivity contribution in [1.29, 1.82) is 0 Å². The number of halogens is 1. The number of ether oxygens (including phenoxy) is 1. The van der Waals surface area contributed by atoms with Crippen LogP contribution in [0.15, 0.2) is 84.4 Å². The molecule has 0 radical (unpaired) electrons. The van der Waals surface area contributed by atoms with Crippen LogP contribution in [0.2, 0.25) is 0 Å². The Kier molecular flexibility index (Phi) is 4.71. The lowest BCUT2D eigenvalue weighted by Gasteiger charge is -2.25. The number of hydrogen-bond acceptors (Lipinski definition) is 4. The predicted molar refractivity (Wildman–Crippen MR) is 117 cm³/mol. The van der Waals surface area contributed by atoms with Gasteiger partial charge in [-0.05, 0) is 42.3 Å². The third-order valence-corrected chi connectivity index (χ3v) is 6.39. The van der Waals surface area contributed by atoms with Gasteiger partial charge in [-0.1, -0.05) is 42.0 Å². The molecule has 3 heterocycles. The van der Waals surface area contributed by atoms with E-state index >= 15 is 0 Å². The van der Waals surface area contributed by atoms with Crippen molar-refractivity contribution >= 4 is 17.2 Å². The van der Waals surface area contributed by atoms with Gasteiger partial charge in [-0.25, -0.2) is 14.4 Å². The standard InChI is InChI=1S/C24H20FN3OS/c1-17-3-2-4-18(13-17)21-9-10-22(30-21)23-27-24(15-29-23,14-28-12-11-26-16-28)19-5-7-20(25)8-6-19/h2-13,16H,14-15H2,1H3. The normalized spacial score (nSPS) is 18.3. The third kappa shape index (κ3) is 3.55. The second kappa shape index (κ2) is 7.54. The highest BCUT2D eigenvalue weighted by Crippen LogP contribution is 2.37. The summed E-state index contributed by atoms with van der Waals surface area (Å²) >= 11 is 1.66. The summed E-state index contributed by atoms with van der Waals surface area (Å²) in [6.45, 7) is 3.05. The van der Waals surface area contributed by atoms with Gasteiger partial charge in [0.25, 0.3) is 0 Å². The van der Waals surface area contributed by atoms with Gasteiger partial charge >= 0.3 is 0 Å². The number of aliphatic imine (C=N–C) groups is 1.